The van der Waals surface area contributed by atoms with Gasteiger partial charge in [0.1, 0.15) is 5.75 Å². The number of hydrogen-bond donors (Lipinski definition) is 1. The molecule has 0 fully saturated rings. The van der Waals surface area contributed by atoms with E-state index in [-0.39, 0.29) is 12.2 Å². The van der Waals surface area contributed by atoms with Gasteiger partial charge >= 0.3 is 0 Å². The third-order valence-electron chi connectivity index (χ3n) is 4.82. The standard InChI is InChI=1S/C22H17Cl2NO3/c23-17-7-4-13(10-18(17)24)11-20(27)14-5-9-22(25-12-14)28-21-3-1-2-15-16(21)6-8-19(15)26/h1-5,7,9-10,12,19,26H,6,8,11H2. The topological polar surface area (TPSA) is 59.4 Å². The van der Waals surface area contributed by atoms with Crippen molar-refractivity contribution in [3.05, 3.63) is 87.0 Å². The quantitative estimate of drug-likeness (QED) is 0.554. The lowest BCUT2D eigenvalue weighted by atomic mass is 10.0. The molecule has 4 nitrogen and oxygen atoms in total. The number of halogens is 2. The van der Waals surface area contributed by atoms with Crippen LogP contribution in [0, 0.1) is 0 Å². The van der Waals surface area contributed by atoms with Crippen LogP contribution in [0.4, 0.5) is 0 Å². The molecule has 0 radical (unpaired) electrons. The van der Waals surface area contributed by atoms with E-state index in [1.54, 1.807) is 30.3 Å². The summed E-state index contributed by atoms with van der Waals surface area (Å²) in [5.74, 6) is 1.03. The van der Waals surface area contributed by atoms with E-state index in [0.29, 0.717) is 33.7 Å². The number of Topliss-reactive ketones (excluding diaryl/α,β-unsaturated/α-hetero) is 1. The lowest BCUT2D eigenvalue weighted by molar-refractivity contribution is 0.0992. The largest absolute Gasteiger partial charge is 0.439 e. The summed E-state index contributed by atoms with van der Waals surface area (Å²) in [7, 11) is 0. The molecule has 1 heterocycles. The van der Waals surface area contributed by atoms with Crippen molar-refractivity contribution >= 4 is 29.0 Å². The predicted molar refractivity (Wildman–Crippen MR) is 109 cm³/mol. The Hall–Kier alpha value is -2.40. The number of benzene rings is 2. The molecule has 28 heavy (non-hydrogen) atoms. The summed E-state index contributed by atoms with van der Waals surface area (Å²) in [4.78, 5) is 16.7. The monoisotopic (exact) mass is 413 g/mol. The minimum absolute atomic E-state index is 0.0684. The van der Waals surface area contributed by atoms with Gasteiger partial charge in [0.05, 0.1) is 16.1 Å². The third-order valence-corrected chi connectivity index (χ3v) is 5.56. The first-order chi connectivity index (χ1) is 13.5. The van der Waals surface area contributed by atoms with Crippen LogP contribution < -0.4 is 4.74 Å². The van der Waals surface area contributed by atoms with Crippen molar-refractivity contribution in [2.24, 2.45) is 0 Å². The first-order valence-corrected chi connectivity index (χ1v) is 9.68. The lowest BCUT2D eigenvalue weighted by Crippen LogP contribution is -2.04. The zero-order valence-electron chi connectivity index (χ0n) is 14.9. The van der Waals surface area contributed by atoms with Crippen molar-refractivity contribution in [1.29, 1.82) is 0 Å². The van der Waals surface area contributed by atoms with Crippen LogP contribution in [-0.2, 0) is 12.8 Å². The van der Waals surface area contributed by atoms with E-state index in [0.717, 1.165) is 23.1 Å². The summed E-state index contributed by atoms with van der Waals surface area (Å²) < 4.78 is 5.89. The highest BCUT2D eigenvalue weighted by Crippen LogP contribution is 2.38. The molecule has 0 amide bonds. The van der Waals surface area contributed by atoms with Gasteiger partial charge in [-0.1, -0.05) is 41.4 Å². The fourth-order valence-electron chi connectivity index (χ4n) is 3.35. The molecule has 0 saturated heterocycles. The molecule has 4 rings (SSSR count). The summed E-state index contributed by atoms with van der Waals surface area (Å²) in [5.41, 5.74) is 3.20. The van der Waals surface area contributed by atoms with Gasteiger partial charge < -0.3 is 9.84 Å². The van der Waals surface area contributed by atoms with Crippen molar-refractivity contribution < 1.29 is 14.6 Å². The highest BCUT2D eigenvalue weighted by atomic mass is 35.5. The zero-order chi connectivity index (χ0) is 19.7. The van der Waals surface area contributed by atoms with Crippen LogP contribution in [0.25, 0.3) is 0 Å². The number of nitrogens with zero attached hydrogens (tertiary/aromatic N) is 1. The molecule has 1 N–H and O–H groups in total. The number of aliphatic hydroxyl groups excluding tert-OH is 1. The van der Waals surface area contributed by atoms with Crippen molar-refractivity contribution in [1.82, 2.24) is 4.98 Å². The Balaban J connectivity index is 1.47. The minimum atomic E-state index is -0.437. The van der Waals surface area contributed by atoms with Crippen LogP contribution in [0.1, 0.15) is 39.6 Å². The van der Waals surface area contributed by atoms with Crippen LogP contribution in [0.2, 0.25) is 10.0 Å². The number of carbonyl (C=O) groups is 1. The van der Waals surface area contributed by atoms with E-state index in [2.05, 4.69) is 4.98 Å². The van der Waals surface area contributed by atoms with Crippen LogP contribution in [0.5, 0.6) is 11.6 Å². The molecule has 0 spiro atoms. The van der Waals surface area contributed by atoms with Gasteiger partial charge in [0.2, 0.25) is 5.88 Å². The fourth-order valence-corrected chi connectivity index (χ4v) is 3.67. The van der Waals surface area contributed by atoms with E-state index >= 15 is 0 Å². The summed E-state index contributed by atoms with van der Waals surface area (Å²) >= 11 is 11.9. The number of aliphatic hydroxyl groups is 1. The molecule has 2 aromatic carbocycles. The number of hydrogen-bond acceptors (Lipinski definition) is 4. The second kappa shape index (κ2) is 7.92. The highest BCUT2D eigenvalue weighted by molar-refractivity contribution is 6.42. The van der Waals surface area contributed by atoms with Crippen LogP contribution >= 0.6 is 23.2 Å². The summed E-state index contributed by atoms with van der Waals surface area (Å²) in [6, 6.07) is 14.2. The number of pyridine rings is 1. The molecule has 1 aliphatic rings. The number of rotatable bonds is 5. The molecule has 1 atom stereocenters. The Bertz CT molecular complexity index is 1030. The van der Waals surface area contributed by atoms with Gasteiger partial charge in [-0.25, -0.2) is 4.98 Å². The van der Waals surface area contributed by atoms with Gasteiger partial charge in [-0.05, 0) is 48.2 Å². The summed E-state index contributed by atoms with van der Waals surface area (Å²) in [6.45, 7) is 0. The molecule has 1 aromatic heterocycles. The Morgan fingerprint density at radius 2 is 2.00 bits per heavy atom. The first kappa shape index (κ1) is 18.9. The van der Waals surface area contributed by atoms with Gasteiger partial charge in [0.15, 0.2) is 5.78 Å². The van der Waals surface area contributed by atoms with Gasteiger partial charge in [-0.15, -0.1) is 0 Å². The Morgan fingerprint density at radius 3 is 2.75 bits per heavy atom. The normalized spacial score (nSPS) is 15.3. The van der Waals surface area contributed by atoms with Crippen LogP contribution in [0.3, 0.4) is 0 Å². The van der Waals surface area contributed by atoms with E-state index in [9.17, 15) is 9.90 Å². The van der Waals surface area contributed by atoms with Gasteiger partial charge in [-0.2, -0.15) is 0 Å². The van der Waals surface area contributed by atoms with Crippen LogP contribution in [0.15, 0.2) is 54.7 Å². The van der Waals surface area contributed by atoms with E-state index in [1.807, 2.05) is 18.2 Å². The average Bonchev–Trinajstić information content (AvgIpc) is 3.07. The summed E-state index contributed by atoms with van der Waals surface area (Å²) in [5, 5.41) is 10.9. The molecular formula is C22H17Cl2NO3. The molecular weight excluding hydrogens is 397 g/mol. The number of carbonyl (C=O) groups excluding carboxylic acids is 1. The van der Waals surface area contributed by atoms with Crippen molar-refractivity contribution in [3.8, 4) is 11.6 Å². The molecule has 0 saturated carbocycles. The minimum Gasteiger partial charge on any atom is -0.439 e. The van der Waals surface area contributed by atoms with Gasteiger partial charge in [0, 0.05) is 29.8 Å². The number of ether oxygens (including phenoxy) is 1. The zero-order valence-corrected chi connectivity index (χ0v) is 16.4. The maximum Gasteiger partial charge on any atom is 0.219 e. The molecule has 3 aromatic rings. The Labute approximate surface area is 172 Å². The highest BCUT2D eigenvalue weighted by Gasteiger charge is 2.23. The average molecular weight is 414 g/mol. The van der Waals surface area contributed by atoms with Crippen LogP contribution in [-0.4, -0.2) is 15.9 Å². The first-order valence-electron chi connectivity index (χ1n) is 8.92. The number of fused-ring (bicyclic) bond motifs is 1. The van der Waals surface area contributed by atoms with Crippen molar-refractivity contribution in [3.63, 3.8) is 0 Å². The second-order valence-corrected chi connectivity index (χ2v) is 7.53. The van der Waals surface area contributed by atoms with E-state index < -0.39 is 6.10 Å². The van der Waals surface area contributed by atoms with E-state index in [1.165, 1.54) is 6.20 Å². The number of aromatic nitrogens is 1. The third kappa shape index (κ3) is 3.90. The lowest BCUT2D eigenvalue weighted by Gasteiger charge is -2.10. The van der Waals surface area contributed by atoms with Gasteiger partial charge in [0.25, 0.3) is 0 Å². The Morgan fingerprint density at radius 1 is 1.14 bits per heavy atom. The maximum absolute atomic E-state index is 12.5. The van der Waals surface area contributed by atoms with Crippen molar-refractivity contribution in [2.45, 2.75) is 25.4 Å². The van der Waals surface area contributed by atoms with E-state index in [4.69, 9.17) is 27.9 Å². The molecule has 6 heteroatoms. The molecule has 0 aliphatic heterocycles. The summed E-state index contributed by atoms with van der Waals surface area (Å²) in [6.07, 6.45) is 2.75. The second-order valence-electron chi connectivity index (χ2n) is 6.71. The molecule has 1 aliphatic carbocycles. The predicted octanol–water partition coefficient (Wildman–Crippen LogP) is 5.59. The molecule has 142 valence electrons. The molecule has 1 unspecified atom stereocenters. The SMILES string of the molecule is O=C(Cc1ccc(Cl)c(Cl)c1)c1ccc(Oc2cccc3c2CCC3O)nc1. The van der Waals surface area contributed by atoms with Gasteiger partial charge in [-0.3, -0.25) is 4.79 Å². The maximum atomic E-state index is 12.5. The fraction of sp³-hybridized carbons (Fsp3) is 0.182. The smallest absolute Gasteiger partial charge is 0.219 e. The Kier molecular flexibility index (Phi) is 5.36. The van der Waals surface area contributed by atoms with Crippen molar-refractivity contribution in [2.75, 3.05) is 0 Å². The molecule has 0 bridgehead atoms. The number of ketones is 1.